The molecule has 20 heavy (non-hydrogen) atoms. The van der Waals surface area contributed by atoms with E-state index in [-0.39, 0.29) is 5.97 Å². The third-order valence-corrected chi connectivity index (χ3v) is 3.66. The zero-order chi connectivity index (χ0) is 14.4. The quantitative estimate of drug-likeness (QED) is 0.636. The maximum absolute atomic E-state index is 11.0. The standard InChI is InChI=1S/C9H11NO2.C6H11NO/c1-10-8-5-3-7(4-6-8)9(11)12-2;1-3-7-4-2-6(1)5-8-6/h3-6,10H,1-2H3;7H,1-5H2. The topological polar surface area (TPSA) is 62.9 Å². The van der Waals surface area contributed by atoms with Gasteiger partial charge in [-0.15, -0.1) is 0 Å². The summed E-state index contributed by atoms with van der Waals surface area (Å²) in [5.74, 6) is -0.308. The Morgan fingerprint density at radius 2 is 1.90 bits per heavy atom. The highest BCUT2D eigenvalue weighted by atomic mass is 16.6. The summed E-state index contributed by atoms with van der Waals surface area (Å²) in [4.78, 5) is 11.0. The normalized spacial score (nSPS) is 18.7. The van der Waals surface area contributed by atoms with Gasteiger partial charge in [0.15, 0.2) is 0 Å². The lowest BCUT2D eigenvalue weighted by Crippen LogP contribution is -2.32. The van der Waals surface area contributed by atoms with Gasteiger partial charge in [-0.25, -0.2) is 4.79 Å². The smallest absolute Gasteiger partial charge is 0.337 e. The number of rotatable bonds is 2. The van der Waals surface area contributed by atoms with Gasteiger partial charge in [-0.1, -0.05) is 0 Å². The Morgan fingerprint density at radius 1 is 1.30 bits per heavy atom. The minimum atomic E-state index is -0.308. The van der Waals surface area contributed by atoms with E-state index in [9.17, 15) is 4.79 Å². The Labute approximate surface area is 119 Å². The molecule has 3 rings (SSSR count). The molecular formula is C15H22N2O3. The lowest BCUT2D eigenvalue weighted by Gasteiger charge is -2.17. The Hall–Kier alpha value is -1.59. The molecule has 2 aliphatic heterocycles. The molecule has 1 spiro atoms. The Balaban J connectivity index is 0.000000157. The fourth-order valence-electron chi connectivity index (χ4n) is 2.16. The molecule has 1 aromatic rings. The highest BCUT2D eigenvalue weighted by Crippen LogP contribution is 2.35. The fourth-order valence-corrected chi connectivity index (χ4v) is 2.16. The van der Waals surface area contributed by atoms with Crippen LogP contribution in [0.25, 0.3) is 0 Å². The summed E-state index contributed by atoms with van der Waals surface area (Å²) in [5, 5.41) is 6.26. The summed E-state index contributed by atoms with van der Waals surface area (Å²) < 4.78 is 9.85. The molecule has 0 amide bonds. The first-order valence-electron chi connectivity index (χ1n) is 6.90. The van der Waals surface area contributed by atoms with Crippen molar-refractivity contribution in [3.05, 3.63) is 29.8 Å². The Bertz CT molecular complexity index is 433. The summed E-state index contributed by atoms with van der Waals surface area (Å²) >= 11 is 0. The van der Waals surface area contributed by atoms with Crippen LogP contribution in [0.2, 0.25) is 0 Å². The molecular weight excluding hydrogens is 256 g/mol. The molecule has 0 bridgehead atoms. The first-order valence-corrected chi connectivity index (χ1v) is 6.90. The van der Waals surface area contributed by atoms with Crippen molar-refractivity contribution in [2.45, 2.75) is 18.4 Å². The van der Waals surface area contributed by atoms with E-state index in [0.29, 0.717) is 11.2 Å². The largest absolute Gasteiger partial charge is 0.465 e. The van der Waals surface area contributed by atoms with Crippen LogP contribution in [0.15, 0.2) is 24.3 Å². The highest BCUT2D eigenvalue weighted by Gasteiger charge is 2.44. The predicted octanol–water partition coefficient (Wildman–Crippen LogP) is 1.65. The van der Waals surface area contributed by atoms with E-state index < -0.39 is 0 Å². The number of esters is 1. The molecule has 0 saturated carbocycles. The summed E-state index contributed by atoms with van der Waals surface area (Å²) in [6.07, 6.45) is 2.46. The van der Waals surface area contributed by atoms with Crippen molar-refractivity contribution >= 4 is 11.7 Å². The highest BCUT2D eigenvalue weighted by molar-refractivity contribution is 5.89. The summed E-state index contributed by atoms with van der Waals surface area (Å²) in [5.41, 5.74) is 1.91. The third-order valence-electron chi connectivity index (χ3n) is 3.66. The van der Waals surface area contributed by atoms with Gasteiger partial charge in [0, 0.05) is 12.7 Å². The van der Waals surface area contributed by atoms with Crippen molar-refractivity contribution in [1.29, 1.82) is 0 Å². The minimum Gasteiger partial charge on any atom is -0.465 e. The molecule has 2 fully saturated rings. The van der Waals surface area contributed by atoms with Crippen LogP contribution in [0, 0.1) is 0 Å². The Morgan fingerprint density at radius 3 is 2.30 bits per heavy atom. The number of anilines is 1. The number of hydrogen-bond donors (Lipinski definition) is 2. The number of ether oxygens (including phenoxy) is 2. The average molecular weight is 278 g/mol. The molecule has 0 aliphatic carbocycles. The molecule has 0 aromatic heterocycles. The monoisotopic (exact) mass is 278 g/mol. The van der Waals surface area contributed by atoms with Crippen molar-refractivity contribution in [2.75, 3.05) is 39.2 Å². The number of epoxide rings is 1. The van der Waals surface area contributed by atoms with E-state index in [1.807, 2.05) is 19.2 Å². The van der Waals surface area contributed by atoms with Gasteiger partial charge < -0.3 is 20.1 Å². The number of carbonyl (C=O) groups is 1. The summed E-state index contributed by atoms with van der Waals surface area (Å²) in [6, 6.07) is 7.09. The van der Waals surface area contributed by atoms with Gasteiger partial charge in [-0.2, -0.15) is 0 Å². The SMILES string of the molecule is C1CC2(CCN1)CO2.CNc1ccc(C(=O)OC)cc1. The molecule has 2 N–H and O–H groups in total. The second-order valence-corrected chi connectivity index (χ2v) is 5.04. The molecule has 5 nitrogen and oxygen atoms in total. The molecule has 5 heteroatoms. The zero-order valence-corrected chi connectivity index (χ0v) is 12.1. The van der Waals surface area contributed by atoms with Crippen LogP contribution < -0.4 is 10.6 Å². The molecule has 0 radical (unpaired) electrons. The van der Waals surface area contributed by atoms with Gasteiger partial charge in [0.05, 0.1) is 24.9 Å². The van der Waals surface area contributed by atoms with Crippen LogP contribution in [-0.4, -0.2) is 45.4 Å². The van der Waals surface area contributed by atoms with Gasteiger partial charge in [-0.05, 0) is 50.2 Å². The zero-order valence-electron chi connectivity index (χ0n) is 12.1. The van der Waals surface area contributed by atoms with Crippen molar-refractivity contribution in [2.24, 2.45) is 0 Å². The number of benzene rings is 1. The van der Waals surface area contributed by atoms with Crippen molar-refractivity contribution < 1.29 is 14.3 Å². The second kappa shape index (κ2) is 6.72. The molecule has 2 saturated heterocycles. The lowest BCUT2D eigenvalue weighted by molar-refractivity contribution is 0.0601. The first kappa shape index (κ1) is 14.8. The van der Waals surface area contributed by atoms with E-state index in [0.717, 1.165) is 25.4 Å². The van der Waals surface area contributed by atoms with Crippen LogP contribution in [0.1, 0.15) is 23.2 Å². The van der Waals surface area contributed by atoms with E-state index >= 15 is 0 Å². The van der Waals surface area contributed by atoms with E-state index in [4.69, 9.17) is 4.74 Å². The maximum Gasteiger partial charge on any atom is 0.337 e. The van der Waals surface area contributed by atoms with Gasteiger partial charge in [-0.3, -0.25) is 0 Å². The molecule has 0 atom stereocenters. The van der Waals surface area contributed by atoms with Crippen molar-refractivity contribution in [1.82, 2.24) is 5.32 Å². The van der Waals surface area contributed by atoms with Crippen LogP contribution >= 0.6 is 0 Å². The number of piperidine rings is 1. The van der Waals surface area contributed by atoms with E-state index in [2.05, 4.69) is 15.4 Å². The van der Waals surface area contributed by atoms with Crippen molar-refractivity contribution in [3.8, 4) is 0 Å². The van der Waals surface area contributed by atoms with Crippen LogP contribution in [0.3, 0.4) is 0 Å². The molecule has 110 valence electrons. The van der Waals surface area contributed by atoms with Crippen LogP contribution in [-0.2, 0) is 9.47 Å². The van der Waals surface area contributed by atoms with Crippen molar-refractivity contribution in [3.63, 3.8) is 0 Å². The Kier molecular flexibility index (Phi) is 4.98. The summed E-state index contributed by atoms with van der Waals surface area (Å²) in [6.45, 7) is 3.33. The number of nitrogens with one attached hydrogen (secondary N) is 2. The van der Waals surface area contributed by atoms with Gasteiger partial charge in [0.25, 0.3) is 0 Å². The average Bonchev–Trinajstić information content (AvgIpc) is 3.27. The molecule has 0 unspecified atom stereocenters. The van der Waals surface area contributed by atoms with Crippen LogP contribution in [0.4, 0.5) is 5.69 Å². The summed E-state index contributed by atoms with van der Waals surface area (Å²) in [7, 11) is 3.20. The number of hydrogen-bond acceptors (Lipinski definition) is 5. The minimum absolute atomic E-state index is 0.308. The second-order valence-electron chi connectivity index (χ2n) is 5.04. The van der Waals surface area contributed by atoms with Gasteiger partial charge in [0.1, 0.15) is 0 Å². The lowest BCUT2D eigenvalue weighted by atomic mass is 10.00. The fraction of sp³-hybridized carbons (Fsp3) is 0.533. The predicted molar refractivity (Wildman–Crippen MR) is 78.1 cm³/mol. The molecule has 2 heterocycles. The van der Waals surface area contributed by atoms with E-state index in [1.54, 1.807) is 12.1 Å². The third kappa shape index (κ3) is 3.95. The molecule has 2 aliphatic rings. The maximum atomic E-state index is 11.0. The van der Waals surface area contributed by atoms with Crippen LogP contribution in [0.5, 0.6) is 0 Å². The van der Waals surface area contributed by atoms with E-state index in [1.165, 1.54) is 20.0 Å². The first-order chi connectivity index (χ1) is 9.69. The van der Waals surface area contributed by atoms with Gasteiger partial charge in [0.2, 0.25) is 0 Å². The molecule has 1 aromatic carbocycles. The number of carbonyl (C=O) groups excluding carboxylic acids is 1. The van der Waals surface area contributed by atoms with Gasteiger partial charge >= 0.3 is 5.97 Å². The number of methoxy groups -OCH3 is 1.